The first-order valence-corrected chi connectivity index (χ1v) is 6.37. The van der Waals surface area contributed by atoms with Gasteiger partial charge in [0, 0.05) is 0 Å². The zero-order valence-electron chi connectivity index (χ0n) is 9.15. The first kappa shape index (κ1) is 9.55. The van der Waals surface area contributed by atoms with Crippen molar-refractivity contribution >= 4 is 0 Å². The maximum atomic E-state index is 2.30. The number of hydrogen-bond donors (Lipinski definition) is 0. The monoisotopic (exact) mass is 180 g/mol. The van der Waals surface area contributed by atoms with E-state index in [4.69, 9.17) is 0 Å². The molecule has 2 aliphatic rings. The van der Waals surface area contributed by atoms with Crippen LogP contribution in [0.15, 0.2) is 0 Å². The fourth-order valence-electron chi connectivity index (χ4n) is 3.35. The molecule has 0 unspecified atom stereocenters. The maximum Gasteiger partial charge on any atom is -0.0266 e. The second-order valence-corrected chi connectivity index (χ2v) is 5.32. The second-order valence-electron chi connectivity index (χ2n) is 5.32. The van der Waals surface area contributed by atoms with Gasteiger partial charge in [0.05, 0.1) is 0 Å². The van der Waals surface area contributed by atoms with Crippen molar-refractivity contribution in [1.29, 1.82) is 0 Å². The van der Waals surface area contributed by atoms with Gasteiger partial charge in [-0.15, -0.1) is 0 Å². The zero-order valence-corrected chi connectivity index (χ0v) is 9.15. The van der Waals surface area contributed by atoms with E-state index < -0.39 is 0 Å². The minimum atomic E-state index is 0.909. The van der Waals surface area contributed by atoms with Crippen LogP contribution in [0, 0.1) is 11.3 Å². The molecular weight excluding hydrogens is 156 g/mol. The fraction of sp³-hybridized carbons (Fsp3) is 1.00. The van der Waals surface area contributed by atoms with Gasteiger partial charge in [0.25, 0.3) is 0 Å². The summed E-state index contributed by atoms with van der Waals surface area (Å²) in [5.74, 6) is 1.16. The third-order valence-corrected chi connectivity index (χ3v) is 4.36. The molecule has 13 heavy (non-hydrogen) atoms. The minimum Gasteiger partial charge on any atom is -0.0654 e. The lowest BCUT2D eigenvalue weighted by Gasteiger charge is -2.07. The van der Waals surface area contributed by atoms with Crippen molar-refractivity contribution in [3.8, 4) is 0 Å². The molecule has 0 radical (unpaired) electrons. The Morgan fingerprint density at radius 3 is 2.54 bits per heavy atom. The Morgan fingerprint density at radius 2 is 1.85 bits per heavy atom. The Hall–Kier alpha value is 0. The highest BCUT2D eigenvalue weighted by atomic mass is 14.6. The van der Waals surface area contributed by atoms with Crippen molar-refractivity contribution in [3.63, 3.8) is 0 Å². The molecule has 2 rings (SSSR count). The lowest BCUT2D eigenvalue weighted by molar-refractivity contribution is 0.441. The molecule has 2 fully saturated rings. The van der Waals surface area contributed by atoms with Crippen LogP contribution in [0.2, 0.25) is 0 Å². The highest BCUT2D eigenvalue weighted by Gasteiger charge is 2.53. The van der Waals surface area contributed by atoms with Gasteiger partial charge in [-0.25, -0.2) is 0 Å². The number of rotatable bonds is 5. The molecule has 0 aromatic rings. The third kappa shape index (κ3) is 2.08. The first-order chi connectivity index (χ1) is 6.37. The average Bonchev–Trinajstić information content (AvgIpc) is 2.58. The van der Waals surface area contributed by atoms with Gasteiger partial charge in [-0.3, -0.25) is 0 Å². The van der Waals surface area contributed by atoms with Gasteiger partial charge in [0.1, 0.15) is 0 Å². The van der Waals surface area contributed by atoms with E-state index in [-0.39, 0.29) is 0 Å². The molecule has 0 aliphatic heterocycles. The Bertz CT molecular complexity index is 153. The standard InChI is InChI=1S/C13H24/c1-2-3-4-5-8-12-11-13(12)9-6-7-10-13/h12H,2-11H2,1H3/t12-/m1/s1. The molecule has 1 spiro atoms. The second kappa shape index (κ2) is 4.02. The molecule has 0 heteroatoms. The highest BCUT2D eigenvalue weighted by molar-refractivity contribution is 5.04. The fourth-order valence-corrected chi connectivity index (χ4v) is 3.35. The molecule has 1 atom stereocenters. The molecule has 0 aromatic heterocycles. The van der Waals surface area contributed by atoms with E-state index in [9.17, 15) is 0 Å². The van der Waals surface area contributed by atoms with Crippen molar-refractivity contribution in [2.24, 2.45) is 11.3 Å². The minimum absolute atomic E-state index is 0.909. The van der Waals surface area contributed by atoms with E-state index in [0.29, 0.717) is 0 Å². The van der Waals surface area contributed by atoms with Crippen LogP contribution >= 0.6 is 0 Å². The maximum absolute atomic E-state index is 2.30. The summed E-state index contributed by atoms with van der Waals surface area (Å²) in [6, 6.07) is 0. The molecule has 2 aliphatic carbocycles. The summed E-state index contributed by atoms with van der Waals surface area (Å²) in [7, 11) is 0. The topological polar surface area (TPSA) is 0 Å². The van der Waals surface area contributed by atoms with Crippen LogP contribution < -0.4 is 0 Å². The summed E-state index contributed by atoms with van der Waals surface area (Å²) in [5, 5.41) is 0. The quantitative estimate of drug-likeness (QED) is 0.545. The van der Waals surface area contributed by atoms with Crippen LogP contribution in [0.25, 0.3) is 0 Å². The number of hydrogen-bond acceptors (Lipinski definition) is 0. The predicted octanol–water partition coefficient (Wildman–Crippen LogP) is 4.54. The average molecular weight is 180 g/mol. The van der Waals surface area contributed by atoms with E-state index in [2.05, 4.69) is 6.92 Å². The first-order valence-electron chi connectivity index (χ1n) is 6.37. The van der Waals surface area contributed by atoms with Gasteiger partial charge in [0.15, 0.2) is 0 Å². The Kier molecular flexibility index (Phi) is 2.96. The predicted molar refractivity (Wildman–Crippen MR) is 57.8 cm³/mol. The Balaban J connectivity index is 1.58. The van der Waals surface area contributed by atoms with Gasteiger partial charge in [-0.2, -0.15) is 0 Å². The zero-order chi connectivity index (χ0) is 9.15. The van der Waals surface area contributed by atoms with Crippen molar-refractivity contribution in [2.75, 3.05) is 0 Å². The van der Waals surface area contributed by atoms with Gasteiger partial charge < -0.3 is 0 Å². The van der Waals surface area contributed by atoms with Crippen LogP contribution in [0.3, 0.4) is 0 Å². The summed E-state index contributed by atoms with van der Waals surface area (Å²) in [4.78, 5) is 0. The van der Waals surface area contributed by atoms with E-state index in [0.717, 1.165) is 11.3 Å². The van der Waals surface area contributed by atoms with Crippen LogP contribution in [-0.2, 0) is 0 Å². The molecule has 0 bridgehead atoms. The van der Waals surface area contributed by atoms with Crippen molar-refractivity contribution in [1.82, 2.24) is 0 Å². The highest BCUT2D eigenvalue weighted by Crippen LogP contribution is 2.64. The molecule has 0 heterocycles. The van der Waals surface area contributed by atoms with E-state index >= 15 is 0 Å². The Labute approximate surface area is 83.1 Å². The van der Waals surface area contributed by atoms with Crippen molar-refractivity contribution in [2.45, 2.75) is 71.1 Å². The van der Waals surface area contributed by atoms with Crippen molar-refractivity contribution < 1.29 is 0 Å². The Morgan fingerprint density at radius 1 is 1.08 bits per heavy atom. The molecule has 0 N–H and O–H groups in total. The normalized spacial score (nSPS) is 29.8. The largest absolute Gasteiger partial charge is 0.0654 e. The van der Waals surface area contributed by atoms with Crippen LogP contribution in [0.4, 0.5) is 0 Å². The molecule has 76 valence electrons. The van der Waals surface area contributed by atoms with E-state index in [1.165, 1.54) is 38.5 Å². The molecule has 2 saturated carbocycles. The summed E-state index contributed by atoms with van der Waals surface area (Å²) < 4.78 is 0. The molecule has 0 aromatic carbocycles. The van der Waals surface area contributed by atoms with Crippen LogP contribution in [0.5, 0.6) is 0 Å². The van der Waals surface area contributed by atoms with Gasteiger partial charge in [0.2, 0.25) is 0 Å². The third-order valence-electron chi connectivity index (χ3n) is 4.36. The lowest BCUT2D eigenvalue weighted by atomic mass is 9.98. The van der Waals surface area contributed by atoms with E-state index in [1.807, 2.05) is 0 Å². The summed E-state index contributed by atoms with van der Waals surface area (Å²) in [5.41, 5.74) is 0.909. The van der Waals surface area contributed by atoms with Gasteiger partial charge >= 0.3 is 0 Å². The lowest BCUT2D eigenvalue weighted by Crippen LogP contribution is -1.96. The van der Waals surface area contributed by atoms with Crippen LogP contribution in [-0.4, -0.2) is 0 Å². The van der Waals surface area contributed by atoms with Crippen LogP contribution in [0.1, 0.15) is 71.1 Å². The SMILES string of the molecule is CCCCCC[C@@H]1CC12CCCC2. The molecule has 0 amide bonds. The summed E-state index contributed by atoms with van der Waals surface area (Å²) in [6.07, 6.45) is 15.2. The molecular formula is C13H24. The van der Waals surface area contributed by atoms with Crippen molar-refractivity contribution in [3.05, 3.63) is 0 Å². The summed E-state index contributed by atoms with van der Waals surface area (Å²) in [6.45, 7) is 2.30. The molecule has 0 saturated heterocycles. The van der Waals surface area contributed by atoms with Gasteiger partial charge in [-0.05, 0) is 37.0 Å². The number of unbranched alkanes of at least 4 members (excludes halogenated alkanes) is 3. The van der Waals surface area contributed by atoms with E-state index in [1.54, 1.807) is 25.7 Å². The van der Waals surface area contributed by atoms with Gasteiger partial charge in [-0.1, -0.05) is 45.4 Å². The summed E-state index contributed by atoms with van der Waals surface area (Å²) >= 11 is 0. The molecule has 0 nitrogen and oxygen atoms in total. The smallest absolute Gasteiger partial charge is 0.0266 e.